The number of hydrogen-bond donors (Lipinski definition) is 1. The molecule has 1 N–H and O–H groups in total. The third kappa shape index (κ3) is 3.25. The quantitative estimate of drug-likeness (QED) is 0.869. The summed E-state index contributed by atoms with van der Waals surface area (Å²) in [5, 5.41) is 3.53. The fourth-order valence-electron chi connectivity index (χ4n) is 2.69. The first-order chi connectivity index (χ1) is 9.22. The molecule has 1 saturated carbocycles. The molecule has 0 amide bonds. The molecule has 1 aromatic heterocycles. The van der Waals surface area contributed by atoms with Crippen molar-refractivity contribution in [3.05, 3.63) is 24.0 Å². The summed E-state index contributed by atoms with van der Waals surface area (Å²) in [4.78, 5) is 9.27. The number of pyridine rings is 1. The minimum Gasteiger partial charge on any atom is -0.370 e. The van der Waals surface area contributed by atoms with Crippen molar-refractivity contribution in [2.24, 2.45) is 0 Å². The van der Waals surface area contributed by atoms with Crippen molar-refractivity contribution < 1.29 is 0 Å². The third-order valence-corrected chi connectivity index (χ3v) is 4.21. The molecule has 1 atom stereocenters. The van der Waals surface area contributed by atoms with Crippen LogP contribution >= 0.6 is 0 Å². The van der Waals surface area contributed by atoms with Crippen LogP contribution < -0.4 is 10.2 Å². The van der Waals surface area contributed by atoms with Crippen LogP contribution in [0, 0.1) is 0 Å². The van der Waals surface area contributed by atoms with Crippen LogP contribution in [0.4, 0.5) is 5.69 Å². The number of anilines is 1. The van der Waals surface area contributed by atoms with E-state index in [1.807, 2.05) is 6.20 Å². The summed E-state index contributed by atoms with van der Waals surface area (Å²) in [5.41, 5.74) is 2.49. The second-order valence-electron chi connectivity index (χ2n) is 6.01. The zero-order valence-electron chi connectivity index (χ0n) is 12.0. The zero-order chi connectivity index (χ0) is 13.2. The third-order valence-electron chi connectivity index (χ3n) is 4.21. The number of hydrogen-bond acceptors (Lipinski definition) is 4. The van der Waals surface area contributed by atoms with Crippen molar-refractivity contribution in [3.63, 3.8) is 0 Å². The van der Waals surface area contributed by atoms with Gasteiger partial charge in [-0.3, -0.25) is 4.98 Å². The van der Waals surface area contributed by atoms with Gasteiger partial charge >= 0.3 is 0 Å². The molecule has 1 aliphatic carbocycles. The second kappa shape index (κ2) is 5.47. The Labute approximate surface area is 115 Å². The van der Waals surface area contributed by atoms with Gasteiger partial charge in [-0.1, -0.05) is 0 Å². The van der Waals surface area contributed by atoms with E-state index in [1.54, 1.807) is 0 Å². The maximum absolute atomic E-state index is 4.47. The molecule has 1 aromatic rings. The molecular weight excluding hydrogens is 236 g/mol. The topological polar surface area (TPSA) is 31.4 Å². The normalized spacial score (nSPS) is 23.3. The van der Waals surface area contributed by atoms with Gasteiger partial charge in [0.05, 0.1) is 5.69 Å². The van der Waals surface area contributed by atoms with Crippen molar-refractivity contribution in [2.75, 3.05) is 32.1 Å². The van der Waals surface area contributed by atoms with Crippen LogP contribution in [-0.2, 0) is 6.54 Å². The summed E-state index contributed by atoms with van der Waals surface area (Å²) >= 11 is 0. The lowest BCUT2D eigenvalue weighted by molar-refractivity contribution is 0.315. The predicted molar refractivity (Wildman–Crippen MR) is 78.4 cm³/mol. The molecule has 2 fully saturated rings. The van der Waals surface area contributed by atoms with Crippen molar-refractivity contribution >= 4 is 5.69 Å². The van der Waals surface area contributed by atoms with Crippen LogP contribution in [-0.4, -0.2) is 49.2 Å². The minimum absolute atomic E-state index is 0.682. The van der Waals surface area contributed by atoms with E-state index in [0.717, 1.165) is 31.4 Å². The molecular formula is C15H24N4. The molecule has 104 valence electrons. The summed E-state index contributed by atoms with van der Waals surface area (Å²) in [6, 6.07) is 5.81. The lowest BCUT2D eigenvalue weighted by atomic mass is 10.2. The minimum atomic E-state index is 0.682. The second-order valence-corrected chi connectivity index (χ2v) is 6.01. The van der Waals surface area contributed by atoms with E-state index in [4.69, 9.17) is 0 Å². The van der Waals surface area contributed by atoms with E-state index >= 15 is 0 Å². The summed E-state index contributed by atoms with van der Waals surface area (Å²) in [6.45, 7) is 3.19. The Balaban J connectivity index is 1.62. The Kier molecular flexibility index (Phi) is 3.71. The summed E-state index contributed by atoms with van der Waals surface area (Å²) < 4.78 is 0. The highest BCUT2D eigenvalue weighted by atomic mass is 15.2. The van der Waals surface area contributed by atoms with E-state index < -0.39 is 0 Å². The van der Waals surface area contributed by atoms with Gasteiger partial charge in [0.1, 0.15) is 0 Å². The zero-order valence-corrected chi connectivity index (χ0v) is 12.0. The molecule has 4 nitrogen and oxygen atoms in total. The van der Waals surface area contributed by atoms with Crippen LogP contribution in [0.25, 0.3) is 0 Å². The Hall–Kier alpha value is -1.13. The molecule has 1 aliphatic heterocycles. The molecule has 2 heterocycles. The number of nitrogens with zero attached hydrogens (tertiary/aromatic N) is 3. The molecule has 2 aliphatic rings. The Morgan fingerprint density at radius 1 is 1.37 bits per heavy atom. The number of rotatable bonds is 5. The fraction of sp³-hybridized carbons (Fsp3) is 0.667. The molecule has 3 rings (SSSR count). The average Bonchev–Trinajstić information content (AvgIpc) is 3.10. The van der Waals surface area contributed by atoms with Gasteiger partial charge in [0.2, 0.25) is 0 Å². The number of aromatic nitrogens is 1. The SMILES string of the molecule is CN(C)C1CCN(c2ccnc(CNC3CC3)c2)C1. The monoisotopic (exact) mass is 260 g/mol. The predicted octanol–water partition coefficient (Wildman–Crippen LogP) is 1.47. The fourth-order valence-corrected chi connectivity index (χ4v) is 2.69. The number of nitrogens with one attached hydrogen (secondary N) is 1. The molecule has 19 heavy (non-hydrogen) atoms. The Morgan fingerprint density at radius 3 is 2.89 bits per heavy atom. The van der Waals surface area contributed by atoms with E-state index in [9.17, 15) is 0 Å². The van der Waals surface area contributed by atoms with Gasteiger partial charge in [-0.2, -0.15) is 0 Å². The first-order valence-electron chi connectivity index (χ1n) is 7.32. The van der Waals surface area contributed by atoms with E-state index in [1.165, 1.54) is 24.9 Å². The van der Waals surface area contributed by atoms with E-state index in [2.05, 4.69) is 46.3 Å². The summed E-state index contributed by atoms with van der Waals surface area (Å²) in [7, 11) is 4.34. The molecule has 1 saturated heterocycles. The molecule has 0 bridgehead atoms. The van der Waals surface area contributed by atoms with Crippen molar-refractivity contribution in [1.29, 1.82) is 0 Å². The standard InChI is InChI=1S/C15H24N4/c1-18(2)15-6-8-19(11-15)14-5-7-16-13(9-14)10-17-12-3-4-12/h5,7,9,12,15,17H,3-4,6,8,10-11H2,1-2H3. The van der Waals surface area contributed by atoms with E-state index in [0.29, 0.717) is 6.04 Å². The van der Waals surface area contributed by atoms with Crippen molar-refractivity contribution in [2.45, 2.75) is 37.9 Å². The lowest BCUT2D eigenvalue weighted by Crippen LogP contribution is -2.31. The van der Waals surface area contributed by atoms with Crippen LogP contribution in [0.2, 0.25) is 0 Å². The van der Waals surface area contributed by atoms with Gasteiger partial charge in [0.15, 0.2) is 0 Å². The summed E-state index contributed by atoms with van der Waals surface area (Å²) in [5.74, 6) is 0. The summed E-state index contributed by atoms with van der Waals surface area (Å²) in [6.07, 6.45) is 5.86. The van der Waals surface area contributed by atoms with Crippen molar-refractivity contribution in [3.8, 4) is 0 Å². The Morgan fingerprint density at radius 2 is 2.21 bits per heavy atom. The maximum Gasteiger partial charge on any atom is 0.0562 e. The Bertz CT molecular complexity index is 428. The van der Waals surface area contributed by atoms with Crippen LogP contribution in [0.3, 0.4) is 0 Å². The van der Waals surface area contributed by atoms with Crippen LogP contribution in [0.1, 0.15) is 25.0 Å². The van der Waals surface area contributed by atoms with Gasteiger partial charge < -0.3 is 15.1 Å². The molecule has 4 heteroatoms. The number of likely N-dealkylation sites (N-methyl/N-ethyl adjacent to an activating group) is 1. The average molecular weight is 260 g/mol. The van der Waals surface area contributed by atoms with Gasteiger partial charge in [0.25, 0.3) is 0 Å². The highest BCUT2D eigenvalue weighted by molar-refractivity contribution is 5.47. The molecule has 0 aromatic carbocycles. The first kappa shape index (κ1) is 12.9. The largest absolute Gasteiger partial charge is 0.370 e. The lowest BCUT2D eigenvalue weighted by Gasteiger charge is -2.22. The highest BCUT2D eigenvalue weighted by Crippen LogP contribution is 2.23. The van der Waals surface area contributed by atoms with E-state index in [-0.39, 0.29) is 0 Å². The molecule has 0 spiro atoms. The van der Waals surface area contributed by atoms with Crippen LogP contribution in [0.5, 0.6) is 0 Å². The van der Waals surface area contributed by atoms with Crippen LogP contribution in [0.15, 0.2) is 18.3 Å². The molecule has 1 unspecified atom stereocenters. The first-order valence-corrected chi connectivity index (χ1v) is 7.32. The van der Waals surface area contributed by atoms with Gasteiger partial charge in [0, 0.05) is 43.6 Å². The van der Waals surface area contributed by atoms with Gasteiger partial charge in [-0.25, -0.2) is 0 Å². The maximum atomic E-state index is 4.47. The van der Waals surface area contributed by atoms with Gasteiger partial charge in [-0.05, 0) is 45.5 Å². The van der Waals surface area contributed by atoms with Gasteiger partial charge in [-0.15, -0.1) is 0 Å². The smallest absolute Gasteiger partial charge is 0.0562 e. The molecule has 0 radical (unpaired) electrons. The highest BCUT2D eigenvalue weighted by Gasteiger charge is 2.24. The van der Waals surface area contributed by atoms with Crippen molar-refractivity contribution in [1.82, 2.24) is 15.2 Å².